The monoisotopic (exact) mass is 520 g/mol. The lowest BCUT2D eigenvalue weighted by molar-refractivity contribution is 0.661. The van der Waals surface area contributed by atoms with Gasteiger partial charge in [-0.05, 0) is 119 Å². The zero-order valence-electron chi connectivity index (χ0n) is 23.2. The molecule has 0 saturated carbocycles. The van der Waals surface area contributed by atoms with Gasteiger partial charge in [0, 0.05) is 5.41 Å². The summed E-state index contributed by atoms with van der Waals surface area (Å²) in [7, 11) is 0. The summed E-state index contributed by atoms with van der Waals surface area (Å²) in [4.78, 5) is 0. The van der Waals surface area contributed by atoms with Gasteiger partial charge in [0.25, 0.3) is 0 Å². The Morgan fingerprint density at radius 1 is 0.341 bits per heavy atom. The van der Waals surface area contributed by atoms with Gasteiger partial charge in [-0.1, -0.05) is 117 Å². The van der Waals surface area contributed by atoms with Crippen LogP contribution in [0.15, 0.2) is 133 Å². The minimum absolute atomic E-state index is 0.0282. The van der Waals surface area contributed by atoms with Gasteiger partial charge in [0.05, 0.1) is 0 Å². The third kappa shape index (κ3) is 3.16. The molecule has 192 valence electrons. The highest BCUT2D eigenvalue weighted by Gasteiger charge is 2.35. The molecule has 9 rings (SSSR count). The van der Waals surface area contributed by atoms with Crippen LogP contribution in [0.5, 0.6) is 0 Å². The SMILES string of the molecule is CC1(C)c2ccccc2-c2cc3cc(-c4ccc(-c5cc6c7c(cccc7c5)-c5ccccc5-6)cc4)ccc3cc21. The highest BCUT2D eigenvalue weighted by molar-refractivity contribution is 6.16. The molecule has 2 aliphatic carbocycles. The molecule has 0 bridgehead atoms. The minimum atomic E-state index is 0.0282. The molecule has 0 nitrogen and oxygen atoms in total. The molecular weight excluding hydrogens is 492 g/mol. The van der Waals surface area contributed by atoms with E-state index in [1.54, 1.807) is 0 Å². The number of rotatable bonds is 2. The van der Waals surface area contributed by atoms with Crippen molar-refractivity contribution < 1.29 is 0 Å². The minimum Gasteiger partial charge on any atom is -0.0619 e. The first-order chi connectivity index (χ1) is 20.1. The fraction of sp³-hybridized carbons (Fsp3) is 0.0732. The van der Waals surface area contributed by atoms with Gasteiger partial charge in [-0.25, -0.2) is 0 Å². The molecule has 0 unspecified atom stereocenters. The van der Waals surface area contributed by atoms with Gasteiger partial charge in [-0.2, -0.15) is 0 Å². The Balaban J connectivity index is 1.12. The fourth-order valence-electron chi connectivity index (χ4n) is 7.46. The third-order valence-corrected chi connectivity index (χ3v) is 9.58. The molecule has 0 aliphatic heterocycles. The fourth-order valence-corrected chi connectivity index (χ4v) is 7.46. The highest BCUT2D eigenvalue weighted by atomic mass is 14.4. The van der Waals surface area contributed by atoms with Crippen LogP contribution in [0.4, 0.5) is 0 Å². The van der Waals surface area contributed by atoms with Crippen molar-refractivity contribution in [3.63, 3.8) is 0 Å². The van der Waals surface area contributed by atoms with E-state index >= 15 is 0 Å². The Morgan fingerprint density at radius 2 is 0.976 bits per heavy atom. The lowest BCUT2D eigenvalue weighted by atomic mass is 9.82. The molecule has 0 fully saturated rings. The number of benzene rings is 7. The largest absolute Gasteiger partial charge is 0.0619 e. The molecule has 0 radical (unpaired) electrons. The van der Waals surface area contributed by atoms with E-state index in [1.807, 2.05) is 0 Å². The summed E-state index contributed by atoms with van der Waals surface area (Å²) in [5.41, 5.74) is 16.0. The Labute approximate surface area is 240 Å². The van der Waals surface area contributed by atoms with Crippen LogP contribution in [0.3, 0.4) is 0 Å². The normalized spacial score (nSPS) is 13.8. The van der Waals surface area contributed by atoms with Crippen molar-refractivity contribution in [2.45, 2.75) is 19.3 Å². The lowest BCUT2D eigenvalue weighted by Gasteiger charge is -2.21. The molecule has 0 N–H and O–H groups in total. The summed E-state index contributed by atoms with van der Waals surface area (Å²) in [5, 5.41) is 5.29. The van der Waals surface area contributed by atoms with Crippen molar-refractivity contribution in [3.8, 4) is 55.6 Å². The van der Waals surface area contributed by atoms with E-state index in [4.69, 9.17) is 0 Å². The average molecular weight is 521 g/mol. The number of fused-ring (bicyclic) bond motifs is 7. The molecule has 7 aromatic rings. The molecule has 0 heterocycles. The first kappa shape index (κ1) is 22.8. The van der Waals surface area contributed by atoms with Gasteiger partial charge < -0.3 is 0 Å². The quantitative estimate of drug-likeness (QED) is 0.213. The van der Waals surface area contributed by atoms with Crippen LogP contribution in [0.25, 0.3) is 77.2 Å². The predicted octanol–water partition coefficient (Wildman–Crippen LogP) is 11.3. The zero-order chi connectivity index (χ0) is 27.3. The van der Waals surface area contributed by atoms with Crippen LogP contribution >= 0.6 is 0 Å². The van der Waals surface area contributed by atoms with Crippen molar-refractivity contribution in [1.82, 2.24) is 0 Å². The molecule has 0 saturated heterocycles. The number of hydrogen-bond donors (Lipinski definition) is 0. The standard InChI is InChI=1S/C41H28/c1-41(2)38-13-6-5-11-34(38)36-22-31-20-27(18-19-28(31)24-39(36)41)25-14-16-26(17-15-25)30-21-29-8-7-12-35-32-9-3-4-10-33(32)37(23-30)40(29)35/h3-24H,1-2H3. The van der Waals surface area contributed by atoms with Gasteiger partial charge in [-0.3, -0.25) is 0 Å². The molecule has 0 spiro atoms. The van der Waals surface area contributed by atoms with Crippen LogP contribution in [0, 0.1) is 0 Å². The van der Waals surface area contributed by atoms with Gasteiger partial charge in [0.2, 0.25) is 0 Å². The molecule has 2 aliphatic rings. The van der Waals surface area contributed by atoms with Crippen molar-refractivity contribution in [3.05, 3.63) is 145 Å². The third-order valence-electron chi connectivity index (χ3n) is 9.58. The second kappa shape index (κ2) is 8.05. The van der Waals surface area contributed by atoms with E-state index in [2.05, 4.69) is 147 Å². The average Bonchev–Trinajstić information content (AvgIpc) is 3.46. The summed E-state index contributed by atoms with van der Waals surface area (Å²) in [6.07, 6.45) is 0. The Hall–Kier alpha value is -4.94. The molecule has 0 atom stereocenters. The van der Waals surface area contributed by atoms with Crippen LogP contribution in [-0.2, 0) is 5.41 Å². The van der Waals surface area contributed by atoms with E-state index < -0.39 is 0 Å². The second-order valence-corrected chi connectivity index (χ2v) is 12.2. The van der Waals surface area contributed by atoms with Gasteiger partial charge >= 0.3 is 0 Å². The topological polar surface area (TPSA) is 0 Å². The molecule has 0 aromatic heterocycles. The van der Waals surface area contributed by atoms with Gasteiger partial charge in [0.1, 0.15) is 0 Å². The van der Waals surface area contributed by atoms with E-state index in [0.717, 1.165) is 0 Å². The van der Waals surface area contributed by atoms with Crippen molar-refractivity contribution in [1.29, 1.82) is 0 Å². The second-order valence-electron chi connectivity index (χ2n) is 12.2. The Kier molecular flexibility index (Phi) is 4.49. The summed E-state index contributed by atoms with van der Waals surface area (Å²) in [6.45, 7) is 4.69. The molecule has 41 heavy (non-hydrogen) atoms. The van der Waals surface area contributed by atoms with Crippen LogP contribution in [-0.4, -0.2) is 0 Å². The van der Waals surface area contributed by atoms with Gasteiger partial charge in [-0.15, -0.1) is 0 Å². The maximum Gasteiger partial charge on any atom is 0.0159 e. The van der Waals surface area contributed by atoms with Crippen molar-refractivity contribution >= 4 is 21.5 Å². The smallest absolute Gasteiger partial charge is 0.0159 e. The molecule has 0 heteroatoms. The maximum atomic E-state index is 2.41. The molecule has 7 aromatic carbocycles. The summed E-state index contributed by atoms with van der Waals surface area (Å²) < 4.78 is 0. The first-order valence-corrected chi connectivity index (χ1v) is 14.5. The van der Waals surface area contributed by atoms with E-state index in [1.165, 1.54) is 88.3 Å². The van der Waals surface area contributed by atoms with Crippen LogP contribution in [0.2, 0.25) is 0 Å². The summed E-state index contributed by atoms with van der Waals surface area (Å²) in [6, 6.07) is 49.9. The van der Waals surface area contributed by atoms with E-state index in [9.17, 15) is 0 Å². The van der Waals surface area contributed by atoms with Crippen molar-refractivity contribution in [2.24, 2.45) is 0 Å². The molecule has 0 amide bonds. The molecular formula is C41H28. The van der Waals surface area contributed by atoms with E-state index in [0.29, 0.717) is 0 Å². The maximum absolute atomic E-state index is 2.41. The first-order valence-electron chi connectivity index (χ1n) is 14.5. The predicted molar refractivity (Wildman–Crippen MR) is 174 cm³/mol. The van der Waals surface area contributed by atoms with E-state index in [-0.39, 0.29) is 5.41 Å². The van der Waals surface area contributed by atoms with Crippen LogP contribution < -0.4 is 0 Å². The van der Waals surface area contributed by atoms with Crippen molar-refractivity contribution in [2.75, 3.05) is 0 Å². The number of hydrogen-bond acceptors (Lipinski definition) is 0. The van der Waals surface area contributed by atoms with Gasteiger partial charge in [0.15, 0.2) is 0 Å². The summed E-state index contributed by atoms with van der Waals surface area (Å²) >= 11 is 0. The lowest BCUT2D eigenvalue weighted by Crippen LogP contribution is -2.14. The van der Waals surface area contributed by atoms with Crippen LogP contribution in [0.1, 0.15) is 25.0 Å². The Morgan fingerprint density at radius 3 is 1.78 bits per heavy atom. The Bertz CT molecular complexity index is 2210. The zero-order valence-corrected chi connectivity index (χ0v) is 23.2. The summed E-state index contributed by atoms with van der Waals surface area (Å²) in [5.74, 6) is 0. The highest BCUT2D eigenvalue weighted by Crippen LogP contribution is 2.50.